The van der Waals surface area contributed by atoms with Gasteiger partial charge < -0.3 is 9.97 Å². The third-order valence-corrected chi connectivity index (χ3v) is 9.97. The molecule has 14 nitrogen and oxygen atoms in total. The molecule has 4 aromatic carbocycles. The molecule has 4 N–H and O–H groups in total. The molecule has 0 spiro atoms. The van der Waals surface area contributed by atoms with E-state index >= 15 is 0 Å². The van der Waals surface area contributed by atoms with E-state index in [2.05, 4.69) is 19.9 Å². The molecule has 0 atom stereocenters. The van der Waals surface area contributed by atoms with Crippen LogP contribution in [0.3, 0.4) is 0 Å². The molecule has 0 amide bonds. The third kappa shape index (κ3) is 4.82. The van der Waals surface area contributed by atoms with Crippen molar-refractivity contribution in [2.24, 2.45) is 0 Å². The van der Waals surface area contributed by atoms with E-state index in [1.165, 1.54) is 24.3 Å². The molecule has 0 saturated heterocycles. The zero-order chi connectivity index (χ0) is 32.9. The fourth-order valence-corrected chi connectivity index (χ4v) is 7.58. The van der Waals surface area contributed by atoms with E-state index in [0.717, 1.165) is 0 Å². The molecule has 0 unspecified atom stereocenters. The Hall–Kier alpha value is -5.42. The zero-order valence-corrected chi connectivity index (χ0v) is 27.0. The van der Waals surface area contributed by atoms with Crippen molar-refractivity contribution in [3.05, 3.63) is 84.9 Å². The summed E-state index contributed by atoms with van der Waals surface area (Å²) in [5.41, 5.74) is 2.43. The van der Waals surface area contributed by atoms with Crippen LogP contribution >= 0.6 is 0 Å². The van der Waals surface area contributed by atoms with Crippen molar-refractivity contribution >= 4 is 64.4 Å². The van der Waals surface area contributed by atoms with Crippen molar-refractivity contribution < 1.29 is 43.0 Å². The van der Waals surface area contributed by atoms with E-state index in [4.69, 9.17) is 19.9 Å². The minimum absolute atomic E-state index is 0. The van der Waals surface area contributed by atoms with E-state index in [9.17, 15) is 25.9 Å². The number of hydrogen-bond acceptors (Lipinski definition) is 10. The number of aromatic nitrogens is 8. The molecule has 0 saturated carbocycles. The standard InChI is InChI=1S/C32H18N8O6S2.Cu/c41-47(42,43)21-13-5-11-19-23(21)32-38-29(19)36-27-16-8-2-1-7-15(16)25(34-27)33-26-17-9-3-4-10-18(17)28(35-26)37-31-24-20(30(39-31)40-32)12-6-14-22(24)48(44,45)46;/h1-14H,(H,41,42,43)(H,44,45,46)(H2,33,34,35,36,37,38,39,40);/q;+2. The Morgan fingerprint density at radius 2 is 0.878 bits per heavy atom. The molecule has 9 rings (SSSR count). The molecule has 3 aromatic heterocycles. The second-order valence-electron chi connectivity index (χ2n) is 11.0. The number of aromatic amines is 2. The van der Waals surface area contributed by atoms with Crippen LogP contribution in [0.4, 0.5) is 0 Å². The average Bonchev–Trinajstić information content (AvgIpc) is 3.79. The summed E-state index contributed by atoms with van der Waals surface area (Å²) in [7, 11) is -9.51. The summed E-state index contributed by atoms with van der Waals surface area (Å²) >= 11 is 0. The minimum atomic E-state index is -4.76. The Balaban J connectivity index is 0.00000348. The largest absolute Gasteiger partial charge is 2.00 e. The second-order valence-corrected chi connectivity index (χ2v) is 13.8. The van der Waals surface area contributed by atoms with Crippen LogP contribution in [0.25, 0.3) is 89.7 Å². The quantitative estimate of drug-likeness (QED) is 0.130. The molecule has 8 bridgehead atoms. The topological polar surface area (TPSA) is 218 Å². The Labute approximate surface area is 286 Å². The maximum absolute atomic E-state index is 12.6. The fraction of sp³-hybridized carbons (Fsp3) is 0. The summed E-state index contributed by atoms with van der Waals surface area (Å²) in [5, 5.41) is 1.68. The fourth-order valence-electron chi connectivity index (χ4n) is 6.15. The van der Waals surface area contributed by atoms with Crippen molar-refractivity contribution in [3.63, 3.8) is 0 Å². The summed E-state index contributed by atoms with van der Waals surface area (Å²) in [4.78, 5) is 33.8. The van der Waals surface area contributed by atoms with Gasteiger partial charge in [0.1, 0.15) is 32.4 Å². The molecule has 0 fully saturated rings. The summed E-state index contributed by atoms with van der Waals surface area (Å²) in [6, 6.07) is 23.2. The van der Waals surface area contributed by atoms with Gasteiger partial charge in [-0.15, -0.1) is 0 Å². The molecule has 0 aliphatic carbocycles. The van der Waals surface area contributed by atoms with Gasteiger partial charge in [0, 0.05) is 38.2 Å². The monoisotopic (exact) mass is 737 g/mol. The van der Waals surface area contributed by atoms with Crippen LogP contribution in [0.5, 0.6) is 0 Å². The van der Waals surface area contributed by atoms with E-state index < -0.39 is 30.0 Å². The van der Waals surface area contributed by atoms with Gasteiger partial charge in [0.15, 0.2) is 23.3 Å². The second kappa shape index (κ2) is 10.8. The molecule has 7 aromatic rings. The van der Waals surface area contributed by atoms with Crippen LogP contribution in [0, 0.1) is 0 Å². The molecule has 243 valence electrons. The van der Waals surface area contributed by atoms with Crippen LogP contribution in [-0.2, 0) is 37.3 Å². The van der Waals surface area contributed by atoms with Crippen LogP contribution in [0.1, 0.15) is 0 Å². The molecular formula is C32H18CuN8O6S2+2. The number of rotatable bonds is 2. The van der Waals surface area contributed by atoms with E-state index in [1.54, 1.807) is 12.1 Å². The van der Waals surface area contributed by atoms with Crippen molar-refractivity contribution in [3.8, 4) is 45.6 Å². The number of nitrogens with zero attached hydrogens (tertiary/aromatic N) is 6. The SMILES string of the molecule is O=S(=O)(O)c1cccc2c1-c1nc-2nc2[nH]c(nc3nc(nc4[nH]c(n1)c1ccccc41)-c1ccccc1-3)c1cccc(S(=O)(=O)O)c21.[Cu+2]. The molecule has 49 heavy (non-hydrogen) atoms. The number of H-pyrrole nitrogens is 2. The average molecular weight is 738 g/mol. The predicted molar refractivity (Wildman–Crippen MR) is 176 cm³/mol. The first-order valence-electron chi connectivity index (χ1n) is 14.3. The summed E-state index contributed by atoms with van der Waals surface area (Å²) in [6.07, 6.45) is 0. The Morgan fingerprint density at radius 1 is 0.449 bits per heavy atom. The number of nitrogens with one attached hydrogen (secondary N) is 2. The van der Waals surface area contributed by atoms with Crippen molar-refractivity contribution in [1.82, 2.24) is 39.9 Å². The zero-order valence-electron chi connectivity index (χ0n) is 24.4. The Morgan fingerprint density at radius 3 is 1.51 bits per heavy atom. The van der Waals surface area contributed by atoms with Gasteiger partial charge in [0.05, 0.1) is 5.56 Å². The predicted octanol–water partition coefficient (Wildman–Crippen LogP) is 5.36. The van der Waals surface area contributed by atoms with Crippen LogP contribution < -0.4 is 0 Å². The molecule has 1 radical (unpaired) electrons. The van der Waals surface area contributed by atoms with Crippen LogP contribution in [-0.4, -0.2) is 65.8 Å². The number of hydrogen-bond donors (Lipinski definition) is 4. The van der Waals surface area contributed by atoms with Gasteiger partial charge in [-0.25, -0.2) is 29.9 Å². The molecule has 5 heterocycles. The van der Waals surface area contributed by atoms with Gasteiger partial charge in [-0.1, -0.05) is 72.8 Å². The first kappa shape index (κ1) is 30.9. The first-order chi connectivity index (χ1) is 23.0. The van der Waals surface area contributed by atoms with E-state index in [1.807, 2.05) is 48.5 Å². The van der Waals surface area contributed by atoms with E-state index in [-0.39, 0.29) is 56.5 Å². The summed E-state index contributed by atoms with van der Waals surface area (Å²) in [5.74, 6) is 0.516. The van der Waals surface area contributed by atoms with Crippen molar-refractivity contribution in [1.29, 1.82) is 0 Å². The van der Waals surface area contributed by atoms with Gasteiger partial charge in [-0.05, 0) is 12.1 Å². The van der Waals surface area contributed by atoms with Gasteiger partial charge in [0.25, 0.3) is 20.2 Å². The minimum Gasteiger partial charge on any atom is -0.324 e. The van der Waals surface area contributed by atoms with Crippen LogP contribution in [0.15, 0.2) is 94.7 Å². The van der Waals surface area contributed by atoms with Gasteiger partial charge in [-0.2, -0.15) is 16.8 Å². The Kier molecular flexibility index (Phi) is 6.80. The number of benzene rings is 4. The van der Waals surface area contributed by atoms with Gasteiger partial charge in [0.2, 0.25) is 0 Å². The van der Waals surface area contributed by atoms with Gasteiger partial charge in [-0.3, -0.25) is 9.11 Å². The summed E-state index contributed by atoms with van der Waals surface area (Å²) < 4.78 is 70.7. The molecule has 2 aliphatic heterocycles. The maximum atomic E-state index is 12.6. The first-order valence-corrected chi connectivity index (χ1v) is 17.1. The van der Waals surface area contributed by atoms with Crippen LogP contribution in [0.2, 0.25) is 0 Å². The van der Waals surface area contributed by atoms with Crippen molar-refractivity contribution in [2.75, 3.05) is 0 Å². The smallest absolute Gasteiger partial charge is 0.324 e. The van der Waals surface area contributed by atoms with Crippen molar-refractivity contribution in [2.45, 2.75) is 9.79 Å². The maximum Gasteiger partial charge on any atom is 2.00 e. The Bertz CT molecular complexity index is 2980. The third-order valence-electron chi connectivity index (χ3n) is 8.18. The molecular weight excluding hydrogens is 720 g/mol. The van der Waals surface area contributed by atoms with Gasteiger partial charge >= 0.3 is 17.1 Å². The summed E-state index contributed by atoms with van der Waals surface area (Å²) in [6.45, 7) is 0. The normalized spacial score (nSPS) is 12.4. The van der Waals surface area contributed by atoms with E-state index in [0.29, 0.717) is 50.2 Å². The molecule has 2 aliphatic rings. The number of fused-ring (bicyclic) bond motifs is 20. The molecule has 17 heteroatoms.